The number of halogens is 2. The molecule has 2 aromatic heterocycles. The molecule has 150 valence electrons. The number of nitrogens with one attached hydrogen (secondary N) is 1. The van der Waals surface area contributed by atoms with Crippen molar-refractivity contribution in [3.05, 3.63) is 49.1 Å². The van der Waals surface area contributed by atoms with E-state index < -0.39 is 17.4 Å². The number of rotatable bonds is 6. The van der Waals surface area contributed by atoms with E-state index in [1.165, 1.54) is 11.6 Å². The average Bonchev–Trinajstić information content (AvgIpc) is 2.99. The van der Waals surface area contributed by atoms with Crippen molar-refractivity contribution in [2.24, 2.45) is 7.05 Å². The molecule has 3 rings (SSSR count). The maximum absolute atomic E-state index is 12.4. The number of hydrogen-bond donors (Lipinski definition) is 2. The van der Waals surface area contributed by atoms with Gasteiger partial charge in [0.15, 0.2) is 11.2 Å². The van der Waals surface area contributed by atoms with Gasteiger partial charge in [-0.1, -0.05) is 23.2 Å². The van der Waals surface area contributed by atoms with Crippen molar-refractivity contribution in [3.8, 4) is 5.75 Å². The Morgan fingerprint density at radius 3 is 2.68 bits per heavy atom. The van der Waals surface area contributed by atoms with E-state index in [4.69, 9.17) is 27.9 Å². The lowest BCUT2D eigenvalue weighted by molar-refractivity contribution is 0.0937. The third-order valence-corrected chi connectivity index (χ3v) is 4.64. The summed E-state index contributed by atoms with van der Waals surface area (Å²) in [6.45, 7) is -0.0476. The highest BCUT2D eigenvalue weighted by Crippen LogP contribution is 2.27. The van der Waals surface area contributed by atoms with Crippen LogP contribution in [-0.4, -0.2) is 51.0 Å². The number of anilines is 1. The number of ether oxygens (including phenoxy) is 1. The van der Waals surface area contributed by atoms with Gasteiger partial charge in [0.05, 0.1) is 11.6 Å². The Morgan fingerprint density at radius 2 is 2.04 bits per heavy atom. The number of aromatic nitrogens is 4. The molecule has 28 heavy (non-hydrogen) atoms. The molecule has 0 radical (unpaired) electrons. The molecule has 11 heteroatoms. The summed E-state index contributed by atoms with van der Waals surface area (Å²) in [5.74, 6) is 0.805. The van der Waals surface area contributed by atoms with Gasteiger partial charge < -0.3 is 19.3 Å². The molecular weight excluding hydrogens is 409 g/mol. The number of aryl methyl sites for hydroxylation is 1. The fourth-order valence-corrected chi connectivity index (χ4v) is 3.24. The van der Waals surface area contributed by atoms with Crippen LogP contribution < -0.4 is 20.9 Å². The fraction of sp³-hybridized carbons (Fsp3) is 0.353. The number of nitrogens with zero attached hydrogens (tertiary/aromatic N) is 4. The number of benzene rings is 1. The van der Waals surface area contributed by atoms with Crippen LogP contribution in [0.4, 0.5) is 5.95 Å². The molecule has 1 atom stereocenters. The van der Waals surface area contributed by atoms with Crippen molar-refractivity contribution < 1.29 is 9.84 Å². The summed E-state index contributed by atoms with van der Waals surface area (Å²) in [6.07, 6.45) is -0.973. The SMILES string of the molecule is CN(C)c1nc2c(c(=O)[nH]c(=O)n2C)n1CC(O)COc1ccc(Cl)cc1Cl. The van der Waals surface area contributed by atoms with Crippen LogP contribution in [0, 0.1) is 0 Å². The Kier molecular flexibility index (Phi) is 5.69. The van der Waals surface area contributed by atoms with Crippen molar-refractivity contribution in [2.45, 2.75) is 12.6 Å². The third-order valence-electron chi connectivity index (χ3n) is 4.11. The van der Waals surface area contributed by atoms with Crippen molar-refractivity contribution >= 4 is 40.3 Å². The zero-order chi connectivity index (χ0) is 20.6. The minimum absolute atomic E-state index is 0.0243. The van der Waals surface area contributed by atoms with Gasteiger partial charge in [-0.2, -0.15) is 4.98 Å². The predicted octanol–water partition coefficient (Wildman–Crippen LogP) is 1.24. The molecule has 0 amide bonds. The van der Waals surface area contributed by atoms with Crippen LogP contribution in [0.25, 0.3) is 11.2 Å². The first-order valence-electron chi connectivity index (χ1n) is 8.31. The molecule has 0 fully saturated rings. The Morgan fingerprint density at radius 1 is 1.32 bits per heavy atom. The van der Waals surface area contributed by atoms with E-state index in [1.807, 2.05) is 0 Å². The molecule has 0 bridgehead atoms. The van der Waals surface area contributed by atoms with Gasteiger partial charge in [-0.25, -0.2) is 4.79 Å². The second-order valence-electron chi connectivity index (χ2n) is 6.45. The van der Waals surface area contributed by atoms with Crippen LogP contribution in [0.15, 0.2) is 27.8 Å². The van der Waals surface area contributed by atoms with Gasteiger partial charge in [0, 0.05) is 26.2 Å². The van der Waals surface area contributed by atoms with Crippen molar-refractivity contribution in [2.75, 3.05) is 25.6 Å². The van der Waals surface area contributed by atoms with Crippen molar-refractivity contribution in [1.82, 2.24) is 19.1 Å². The summed E-state index contributed by atoms with van der Waals surface area (Å²) in [5.41, 5.74) is -0.720. The highest BCUT2D eigenvalue weighted by atomic mass is 35.5. The molecule has 0 spiro atoms. The monoisotopic (exact) mass is 427 g/mol. The third kappa shape index (κ3) is 3.87. The van der Waals surface area contributed by atoms with E-state index in [1.54, 1.807) is 41.8 Å². The summed E-state index contributed by atoms with van der Waals surface area (Å²) >= 11 is 11.9. The van der Waals surface area contributed by atoms with E-state index in [0.29, 0.717) is 21.7 Å². The van der Waals surface area contributed by atoms with Crippen molar-refractivity contribution in [1.29, 1.82) is 0 Å². The average molecular weight is 428 g/mol. The molecule has 9 nitrogen and oxygen atoms in total. The van der Waals surface area contributed by atoms with Gasteiger partial charge in [-0.05, 0) is 18.2 Å². The standard InChI is InChI=1S/C17H19Cl2N5O4/c1-22(2)16-20-14-13(15(26)21-17(27)23(14)3)24(16)7-10(25)8-28-12-5-4-9(18)6-11(12)19/h4-6,10,25H,7-8H2,1-3H3,(H,21,26,27). The van der Waals surface area contributed by atoms with Gasteiger partial charge in [-0.3, -0.25) is 14.3 Å². The van der Waals surface area contributed by atoms with Gasteiger partial charge in [-0.15, -0.1) is 0 Å². The van der Waals surface area contributed by atoms with Gasteiger partial charge in [0.2, 0.25) is 5.95 Å². The van der Waals surface area contributed by atoms with Crippen LogP contribution >= 0.6 is 23.2 Å². The molecule has 1 aromatic carbocycles. The van der Waals surface area contributed by atoms with E-state index in [2.05, 4.69) is 9.97 Å². The summed E-state index contributed by atoms with van der Waals surface area (Å²) in [7, 11) is 5.01. The molecule has 0 saturated carbocycles. The van der Waals surface area contributed by atoms with Crippen LogP contribution in [-0.2, 0) is 13.6 Å². The zero-order valence-electron chi connectivity index (χ0n) is 15.4. The normalized spacial score (nSPS) is 12.4. The summed E-state index contributed by atoms with van der Waals surface area (Å²) < 4.78 is 8.35. The molecule has 0 saturated heterocycles. The predicted molar refractivity (Wildman–Crippen MR) is 108 cm³/mol. The Hall–Kier alpha value is -2.49. The number of imidazole rings is 1. The Labute approximate surface area is 169 Å². The number of fused-ring (bicyclic) bond motifs is 1. The maximum atomic E-state index is 12.4. The largest absolute Gasteiger partial charge is 0.489 e. The number of hydrogen-bond acceptors (Lipinski definition) is 6. The van der Waals surface area contributed by atoms with Crippen LogP contribution in [0.2, 0.25) is 10.0 Å². The number of aliphatic hydroxyl groups excluding tert-OH is 1. The first-order valence-corrected chi connectivity index (χ1v) is 9.07. The second-order valence-corrected chi connectivity index (χ2v) is 7.29. The highest BCUT2D eigenvalue weighted by molar-refractivity contribution is 6.35. The quantitative estimate of drug-likeness (QED) is 0.612. The van der Waals surface area contributed by atoms with Gasteiger partial charge in [0.1, 0.15) is 18.5 Å². The lowest BCUT2D eigenvalue weighted by Gasteiger charge is -2.18. The molecular formula is C17H19Cl2N5O4. The Bertz CT molecular complexity index is 1140. The van der Waals surface area contributed by atoms with Crippen LogP contribution in [0.1, 0.15) is 0 Å². The first-order chi connectivity index (χ1) is 13.2. The van der Waals surface area contributed by atoms with Gasteiger partial charge >= 0.3 is 5.69 Å². The number of aliphatic hydroxyl groups is 1. The minimum Gasteiger partial charge on any atom is -0.489 e. The molecule has 2 N–H and O–H groups in total. The molecule has 0 aliphatic heterocycles. The van der Waals surface area contributed by atoms with Crippen LogP contribution in [0.5, 0.6) is 5.75 Å². The molecule has 3 aromatic rings. The second kappa shape index (κ2) is 7.86. The summed E-state index contributed by atoms with van der Waals surface area (Å²) in [4.78, 5) is 32.5. The van der Waals surface area contributed by atoms with Gasteiger partial charge in [0.25, 0.3) is 5.56 Å². The van der Waals surface area contributed by atoms with Crippen LogP contribution in [0.3, 0.4) is 0 Å². The highest BCUT2D eigenvalue weighted by Gasteiger charge is 2.21. The number of H-pyrrole nitrogens is 1. The smallest absolute Gasteiger partial charge is 0.329 e. The topological polar surface area (TPSA) is 105 Å². The lowest BCUT2D eigenvalue weighted by atomic mass is 10.3. The molecule has 0 aliphatic carbocycles. The number of aromatic amines is 1. The molecule has 1 unspecified atom stereocenters. The van der Waals surface area contributed by atoms with E-state index >= 15 is 0 Å². The van der Waals surface area contributed by atoms with E-state index in [9.17, 15) is 14.7 Å². The minimum atomic E-state index is -0.973. The lowest BCUT2D eigenvalue weighted by Crippen LogP contribution is -2.31. The fourth-order valence-electron chi connectivity index (χ4n) is 2.78. The molecule has 2 heterocycles. The Balaban J connectivity index is 1.90. The molecule has 0 aliphatic rings. The first kappa shape index (κ1) is 20.2. The maximum Gasteiger partial charge on any atom is 0.329 e. The van der Waals surface area contributed by atoms with Crippen molar-refractivity contribution in [3.63, 3.8) is 0 Å². The summed E-state index contributed by atoms with van der Waals surface area (Å²) in [5, 5.41) is 11.3. The summed E-state index contributed by atoms with van der Waals surface area (Å²) in [6, 6.07) is 4.77. The zero-order valence-corrected chi connectivity index (χ0v) is 17.0. The van der Waals surface area contributed by atoms with E-state index in [-0.39, 0.29) is 24.3 Å². The van der Waals surface area contributed by atoms with E-state index in [0.717, 1.165) is 0 Å².